The summed E-state index contributed by atoms with van der Waals surface area (Å²) in [6, 6.07) is 3.93. The van der Waals surface area contributed by atoms with E-state index in [-0.39, 0.29) is 17.9 Å². The maximum Gasteiger partial charge on any atom is 0.253 e. The third kappa shape index (κ3) is 3.09. The number of rotatable bonds is 2. The van der Waals surface area contributed by atoms with E-state index in [4.69, 9.17) is 0 Å². The summed E-state index contributed by atoms with van der Waals surface area (Å²) in [5.74, 6) is 1.25. The van der Waals surface area contributed by atoms with Crippen LogP contribution in [0.3, 0.4) is 0 Å². The predicted molar refractivity (Wildman–Crippen MR) is 88.1 cm³/mol. The fourth-order valence-corrected chi connectivity index (χ4v) is 4.13. The minimum Gasteiger partial charge on any atom is -0.345 e. The maximum absolute atomic E-state index is 12.8. The normalized spacial score (nSPS) is 27.0. The number of likely N-dealkylation sites (tertiary alicyclic amines) is 1. The summed E-state index contributed by atoms with van der Waals surface area (Å²) in [5.41, 5.74) is 2.45. The second kappa shape index (κ2) is 5.95. The number of nitrogens with zero attached hydrogens (tertiary/aromatic N) is 3. The monoisotopic (exact) mass is 315 g/mol. The predicted octanol–water partition coefficient (Wildman–Crippen LogP) is 2.03. The van der Waals surface area contributed by atoms with E-state index in [1.54, 1.807) is 0 Å². The molecule has 0 N–H and O–H groups in total. The molecule has 5 heteroatoms. The lowest BCUT2D eigenvalue weighted by Crippen LogP contribution is -2.39. The van der Waals surface area contributed by atoms with Crippen molar-refractivity contribution < 1.29 is 9.59 Å². The molecule has 0 spiro atoms. The number of hydrogen-bond acceptors (Lipinski definition) is 3. The van der Waals surface area contributed by atoms with E-state index in [2.05, 4.69) is 4.98 Å². The number of fused-ring (bicyclic) bond motifs is 1. The summed E-state index contributed by atoms with van der Waals surface area (Å²) < 4.78 is 0. The largest absolute Gasteiger partial charge is 0.345 e. The highest BCUT2D eigenvalue weighted by atomic mass is 16.2. The Kier molecular flexibility index (Phi) is 4.13. The van der Waals surface area contributed by atoms with Gasteiger partial charge in [-0.05, 0) is 50.7 Å². The van der Waals surface area contributed by atoms with E-state index in [1.807, 2.05) is 49.9 Å². The first-order valence-corrected chi connectivity index (χ1v) is 8.31. The van der Waals surface area contributed by atoms with Crippen molar-refractivity contribution in [3.8, 4) is 0 Å². The number of pyridine rings is 1. The Morgan fingerprint density at radius 3 is 2.48 bits per heavy atom. The topological polar surface area (TPSA) is 53.5 Å². The van der Waals surface area contributed by atoms with Gasteiger partial charge in [-0.3, -0.25) is 14.6 Å². The van der Waals surface area contributed by atoms with E-state index in [1.165, 1.54) is 0 Å². The molecule has 2 amide bonds. The van der Waals surface area contributed by atoms with Crippen LogP contribution in [0, 0.1) is 25.7 Å². The lowest BCUT2D eigenvalue weighted by atomic mass is 9.88. The lowest BCUT2D eigenvalue weighted by Gasteiger charge is -2.31. The standard InChI is InChI=1S/C18H25N3O2/c1-11-5-14(6-12(2)19-11)18(23)21(4)16-7-13-9-17(22)20(3)10-15(13)8-16/h5-6,13,15-16H,7-10H2,1-4H3/t13-,15+,16-/m1/s1. The Morgan fingerprint density at radius 1 is 1.22 bits per heavy atom. The zero-order valence-electron chi connectivity index (χ0n) is 14.4. The molecule has 1 aliphatic heterocycles. The molecule has 0 unspecified atom stereocenters. The number of carbonyl (C=O) groups excluding carboxylic acids is 2. The van der Waals surface area contributed by atoms with Crippen LogP contribution in [0.4, 0.5) is 0 Å². The van der Waals surface area contributed by atoms with Crippen LogP contribution < -0.4 is 0 Å². The molecule has 2 fully saturated rings. The third-order valence-corrected chi connectivity index (χ3v) is 5.38. The summed E-state index contributed by atoms with van der Waals surface area (Å²) in [5, 5.41) is 0. The van der Waals surface area contributed by atoms with E-state index >= 15 is 0 Å². The fraction of sp³-hybridized carbons (Fsp3) is 0.611. The highest BCUT2D eigenvalue weighted by molar-refractivity contribution is 5.94. The zero-order valence-corrected chi connectivity index (χ0v) is 14.4. The molecular weight excluding hydrogens is 290 g/mol. The molecule has 2 aliphatic rings. The van der Waals surface area contributed by atoms with Gasteiger partial charge in [-0.1, -0.05) is 0 Å². The van der Waals surface area contributed by atoms with Crippen LogP contribution in [0.15, 0.2) is 12.1 Å². The summed E-state index contributed by atoms with van der Waals surface area (Å²) >= 11 is 0. The molecule has 23 heavy (non-hydrogen) atoms. The maximum atomic E-state index is 12.8. The first kappa shape index (κ1) is 16.0. The molecule has 3 atom stereocenters. The Morgan fingerprint density at radius 2 is 1.83 bits per heavy atom. The number of aromatic nitrogens is 1. The quantitative estimate of drug-likeness (QED) is 0.839. The Hall–Kier alpha value is -1.91. The second-order valence-corrected chi connectivity index (χ2v) is 7.18. The number of carbonyl (C=O) groups is 2. The van der Waals surface area contributed by atoms with Gasteiger partial charge in [-0.15, -0.1) is 0 Å². The molecule has 1 aromatic rings. The molecule has 1 aliphatic carbocycles. The number of piperidine rings is 1. The molecular formula is C18H25N3O2. The minimum absolute atomic E-state index is 0.0573. The molecule has 124 valence electrons. The van der Waals surface area contributed by atoms with Gasteiger partial charge in [0.2, 0.25) is 5.91 Å². The first-order chi connectivity index (χ1) is 10.8. The minimum atomic E-state index is 0.0573. The van der Waals surface area contributed by atoms with E-state index in [9.17, 15) is 9.59 Å². The van der Waals surface area contributed by atoms with Gasteiger partial charge in [0.1, 0.15) is 0 Å². The molecule has 1 aromatic heterocycles. The third-order valence-electron chi connectivity index (χ3n) is 5.38. The first-order valence-electron chi connectivity index (χ1n) is 8.31. The van der Waals surface area contributed by atoms with Gasteiger partial charge in [-0.25, -0.2) is 0 Å². The van der Waals surface area contributed by atoms with Gasteiger partial charge in [-0.2, -0.15) is 0 Å². The van der Waals surface area contributed by atoms with Crippen LogP contribution >= 0.6 is 0 Å². The Balaban J connectivity index is 1.72. The Labute approximate surface area is 137 Å². The zero-order chi connectivity index (χ0) is 16.7. The van der Waals surface area contributed by atoms with Crippen molar-refractivity contribution >= 4 is 11.8 Å². The molecule has 1 saturated heterocycles. The summed E-state index contributed by atoms with van der Waals surface area (Å²) in [4.78, 5) is 32.7. The average Bonchev–Trinajstić information content (AvgIpc) is 2.88. The summed E-state index contributed by atoms with van der Waals surface area (Å²) in [7, 11) is 3.77. The number of hydrogen-bond donors (Lipinski definition) is 0. The Bertz CT molecular complexity index is 623. The number of aryl methyl sites for hydroxylation is 2. The lowest BCUT2D eigenvalue weighted by molar-refractivity contribution is -0.134. The smallest absolute Gasteiger partial charge is 0.253 e. The summed E-state index contributed by atoms with van der Waals surface area (Å²) in [6.07, 6.45) is 2.57. The molecule has 0 aromatic carbocycles. The van der Waals surface area contributed by atoms with E-state index < -0.39 is 0 Å². The van der Waals surface area contributed by atoms with Crippen molar-refractivity contribution in [2.24, 2.45) is 11.8 Å². The molecule has 1 saturated carbocycles. The van der Waals surface area contributed by atoms with Crippen molar-refractivity contribution in [1.82, 2.24) is 14.8 Å². The van der Waals surface area contributed by atoms with Gasteiger partial charge in [0, 0.05) is 50.1 Å². The van der Waals surface area contributed by atoms with Crippen molar-refractivity contribution in [3.05, 3.63) is 29.1 Å². The van der Waals surface area contributed by atoms with E-state index in [0.717, 1.165) is 30.8 Å². The highest BCUT2D eigenvalue weighted by Crippen LogP contribution is 2.40. The van der Waals surface area contributed by atoms with Crippen LogP contribution in [-0.4, -0.2) is 53.3 Å². The van der Waals surface area contributed by atoms with Gasteiger partial charge >= 0.3 is 0 Å². The second-order valence-electron chi connectivity index (χ2n) is 7.18. The fourth-order valence-electron chi connectivity index (χ4n) is 4.13. The van der Waals surface area contributed by atoms with E-state index in [0.29, 0.717) is 23.8 Å². The van der Waals surface area contributed by atoms with Crippen LogP contribution in [0.25, 0.3) is 0 Å². The molecule has 0 radical (unpaired) electrons. The van der Waals surface area contributed by atoms with Gasteiger partial charge < -0.3 is 9.80 Å². The number of amides is 2. The van der Waals surface area contributed by atoms with Crippen LogP contribution in [0.2, 0.25) is 0 Å². The van der Waals surface area contributed by atoms with Gasteiger partial charge in [0.15, 0.2) is 0 Å². The van der Waals surface area contributed by atoms with Gasteiger partial charge in [0.05, 0.1) is 0 Å². The van der Waals surface area contributed by atoms with Crippen molar-refractivity contribution in [1.29, 1.82) is 0 Å². The van der Waals surface area contributed by atoms with Crippen LogP contribution in [-0.2, 0) is 4.79 Å². The van der Waals surface area contributed by atoms with Crippen molar-refractivity contribution in [2.45, 2.75) is 39.2 Å². The van der Waals surface area contributed by atoms with Crippen LogP contribution in [0.5, 0.6) is 0 Å². The average molecular weight is 315 g/mol. The van der Waals surface area contributed by atoms with Crippen molar-refractivity contribution in [3.63, 3.8) is 0 Å². The molecule has 2 heterocycles. The molecule has 0 bridgehead atoms. The summed E-state index contributed by atoms with van der Waals surface area (Å²) in [6.45, 7) is 4.65. The SMILES string of the molecule is Cc1cc(C(=O)N(C)[C@@H]2C[C@@H]3CC(=O)N(C)C[C@@H]3C2)cc(C)n1. The molecule has 5 nitrogen and oxygen atoms in total. The highest BCUT2D eigenvalue weighted by Gasteiger charge is 2.42. The van der Waals surface area contributed by atoms with Crippen LogP contribution in [0.1, 0.15) is 41.0 Å². The molecule has 3 rings (SSSR count). The van der Waals surface area contributed by atoms with Gasteiger partial charge in [0.25, 0.3) is 5.91 Å². The van der Waals surface area contributed by atoms with Crippen molar-refractivity contribution in [2.75, 3.05) is 20.6 Å².